The minimum Gasteiger partial charge on any atom is -0.394 e. The van der Waals surface area contributed by atoms with Crippen LogP contribution >= 0.6 is 12.2 Å². The molecule has 9 N–H and O–H groups in total. The first-order chi connectivity index (χ1) is 13.4. The zero-order chi connectivity index (χ0) is 20.3. The lowest BCUT2D eigenvalue weighted by atomic mass is 10.1. The third-order valence-corrected chi connectivity index (χ3v) is 4.46. The summed E-state index contributed by atoms with van der Waals surface area (Å²) in [7, 11) is 0. The van der Waals surface area contributed by atoms with E-state index < -0.39 is 31.1 Å². The molecule has 0 radical (unpaired) electrons. The topological polar surface area (TPSA) is 193 Å². The number of rotatable bonds is 7. The molecule has 12 nitrogen and oxygen atoms in total. The first kappa shape index (κ1) is 20.2. The Bertz CT molecular complexity index is 938. The number of aliphatic hydroxyl groups excluding tert-OH is 3. The van der Waals surface area contributed by atoms with Crippen LogP contribution in [0.1, 0.15) is 6.23 Å². The molecule has 0 amide bonds. The van der Waals surface area contributed by atoms with E-state index in [1.54, 1.807) is 6.08 Å². The Kier molecular flexibility index (Phi) is 6.21. The minimum absolute atomic E-state index is 0.0203. The van der Waals surface area contributed by atoms with Gasteiger partial charge in [-0.1, -0.05) is 24.4 Å². The number of ether oxygens (including phenoxy) is 1. The Morgan fingerprint density at radius 3 is 2.86 bits per heavy atom. The van der Waals surface area contributed by atoms with Crippen LogP contribution in [0.4, 0.5) is 5.95 Å². The van der Waals surface area contributed by atoms with Gasteiger partial charge in [0.05, 0.1) is 19.5 Å². The van der Waals surface area contributed by atoms with Gasteiger partial charge in [-0.25, -0.2) is 15.0 Å². The number of H-pyrrole nitrogens is 1. The van der Waals surface area contributed by atoms with E-state index in [1.165, 1.54) is 10.9 Å². The van der Waals surface area contributed by atoms with Crippen LogP contribution in [0.5, 0.6) is 0 Å². The molecular formula is C15H22N8O4S. The molecule has 1 aliphatic heterocycles. The molecule has 1 unspecified atom stereocenters. The van der Waals surface area contributed by atoms with Crippen LogP contribution in [0, 0.1) is 4.64 Å². The Labute approximate surface area is 164 Å². The van der Waals surface area contributed by atoms with Crippen molar-refractivity contribution >= 4 is 35.3 Å². The highest BCUT2D eigenvalue weighted by Crippen LogP contribution is 2.31. The molecule has 2 aromatic heterocycles. The van der Waals surface area contributed by atoms with E-state index >= 15 is 0 Å². The summed E-state index contributed by atoms with van der Waals surface area (Å²) in [6.07, 6.45) is 0.747. The quantitative estimate of drug-likeness (QED) is 0.120. The van der Waals surface area contributed by atoms with Gasteiger partial charge in [-0.3, -0.25) is 4.57 Å². The highest BCUT2D eigenvalue weighted by atomic mass is 32.1. The van der Waals surface area contributed by atoms with Gasteiger partial charge in [0, 0.05) is 6.54 Å². The van der Waals surface area contributed by atoms with E-state index in [1.807, 2.05) is 6.08 Å². The van der Waals surface area contributed by atoms with Gasteiger partial charge in [-0.15, -0.1) is 0 Å². The maximum atomic E-state index is 10.2. The van der Waals surface area contributed by atoms with Crippen molar-refractivity contribution in [3.63, 3.8) is 0 Å². The van der Waals surface area contributed by atoms with Crippen molar-refractivity contribution in [3.8, 4) is 0 Å². The molecule has 0 saturated carbocycles. The average Bonchev–Trinajstić information content (AvgIpc) is 3.20. The fourth-order valence-electron chi connectivity index (χ4n) is 2.79. The maximum Gasteiger partial charge on any atom is 0.203 e. The van der Waals surface area contributed by atoms with Crippen molar-refractivity contribution in [2.75, 3.05) is 25.0 Å². The smallest absolute Gasteiger partial charge is 0.203 e. The second kappa shape index (κ2) is 8.62. The summed E-state index contributed by atoms with van der Waals surface area (Å²) in [5.74, 6) is 0.407. The number of nitrogens with two attached hydrogens (primary N) is 2. The SMILES string of the molecule is NC(N)=NC/C=C/CNc1nc(=S)c2ncn([C@@H]3O[C@H](CO)[C@H](O)C3O)c2[nH]1. The molecule has 2 aromatic rings. The average molecular weight is 410 g/mol. The van der Waals surface area contributed by atoms with Gasteiger partial charge in [-0.05, 0) is 0 Å². The van der Waals surface area contributed by atoms with E-state index in [0.717, 1.165) is 0 Å². The van der Waals surface area contributed by atoms with E-state index in [4.69, 9.17) is 28.4 Å². The zero-order valence-corrected chi connectivity index (χ0v) is 15.6. The molecule has 13 heteroatoms. The predicted octanol–water partition coefficient (Wildman–Crippen LogP) is -1.66. The molecular weight excluding hydrogens is 388 g/mol. The molecule has 1 aliphatic rings. The van der Waals surface area contributed by atoms with Gasteiger partial charge < -0.3 is 41.8 Å². The summed E-state index contributed by atoms with van der Waals surface area (Å²) in [4.78, 5) is 15.3. The Morgan fingerprint density at radius 1 is 1.39 bits per heavy atom. The van der Waals surface area contributed by atoms with Gasteiger partial charge >= 0.3 is 0 Å². The molecule has 1 fully saturated rings. The molecule has 3 rings (SSSR count). The number of nitrogens with one attached hydrogen (secondary N) is 2. The van der Waals surface area contributed by atoms with Crippen LogP contribution in [0.15, 0.2) is 23.5 Å². The highest BCUT2D eigenvalue weighted by molar-refractivity contribution is 7.71. The number of anilines is 1. The van der Waals surface area contributed by atoms with Gasteiger partial charge in [-0.2, -0.15) is 0 Å². The molecule has 0 bridgehead atoms. The summed E-state index contributed by atoms with van der Waals surface area (Å²) in [5.41, 5.74) is 11.4. The standard InChI is InChI=1S/C15H22N8O4S/c16-14(17)18-3-1-2-4-19-15-21-11-8(12(28)22-15)20-6-23(11)13-10(26)9(25)7(5-24)27-13/h1-2,6-7,9-10,13,24-26H,3-5H2,(H4,16,17,18)(H2,19,21,22,28)/b2-1+/t7-,9+,10?,13-/m1/s1. The minimum atomic E-state index is -1.24. The van der Waals surface area contributed by atoms with Crippen LogP contribution in [0.3, 0.4) is 0 Å². The summed E-state index contributed by atoms with van der Waals surface area (Å²) in [6.45, 7) is 0.383. The van der Waals surface area contributed by atoms with Crippen LogP contribution in [0.2, 0.25) is 0 Å². The number of aliphatic imine (C=N–C) groups is 1. The number of hydrogen-bond acceptors (Lipinski definition) is 9. The zero-order valence-electron chi connectivity index (χ0n) is 14.8. The fourth-order valence-corrected chi connectivity index (χ4v) is 3.03. The van der Waals surface area contributed by atoms with E-state index in [0.29, 0.717) is 30.2 Å². The van der Waals surface area contributed by atoms with Crippen LogP contribution in [0.25, 0.3) is 11.2 Å². The predicted molar refractivity (Wildman–Crippen MR) is 104 cm³/mol. The summed E-state index contributed by atoms with van der Waals surface area (Å²) < 4.78 is 7.31. The molecule has 4 atom stereocenters. The van der Waals surface area contributed by atoms with Crippen molar-refractivity contribution in [2.24, 2.45) is 16.5 Å². The lowest BCUT2D eigenvalue weighted by molar-refractivity contribution is -0.0511. The molecule has 0 aliphatic carbocycles. The molecule has 152 valence electrons. The van der Waals surface area contributed by atoms with Crippen molar-refractivity contribution in [3.05, 3.63) is 23.1 Å². The number of fused-ring (bicyclic) bond motifs is 1. The normalized spacial score (nSPS) is 24.8. The van der Waals surface area contributed by atoms with Crippen LogP contribution in [-0.2, 0) is 4.74 Å². The number of hydrogen-bond donors (Lipinski definition) is 7. The van der Waals surface area contributed by atoms with Crippen LogP contribution < -0.4 is 16.8 Å². The summed E-state index contributed by atoms with van der Waals surface area (Å²) in [5, 5.41) is 32.5. The van der Waals surface area contributed by atoms with Gasteiger partial charge in [0.2, 0.25) is 5.95 Å². The monoisotopic (exact) mass is 410 g/mol. The summed E-state index contributed by atoms with van der Waals surface area (Å²) in [6, 6.07) is 0. The van der Waals surface area contributed by atoms with Crippen LogP contribution in [-0.4, -0.2) is 78.8 Å². The second-order valence-electron chi connectivity index (χ2n) is 6.09. The largest absolute Gasteiger partial charge is 0.394 e. The maximum absolute atomic E-state index is 10.2. The number of aromatic amines is 1. The highest BCUT2D eigenvalue weighted by Gasteiger charge is 2.43. The molecule has 3 heterocycles. The third kappa shape index (κ3) is 4.13. The Morgan fingerprint density at radius 2 is 2.18 bits per heavy atom. The van der Waals surface area contributed by atoms with Crippen molar-refractivity contribution in [1.29, 1.82) is 0 Å². The number of aliphatic hydroxyl groups is 3. The van der Waals surface area contributed by atoms with Crippen molar-refractivity contribution in [2.45, 2.75) is 24.5 Å². The molecule has 28 heavy (non-hydrogen) atoms. The van der Waals surface area contributed by atoms with Gasteiger partial charge in [0.25, 0.3) is 0 Å². The number of imidazole rings is 1. The Hall–Kier alpha value is -2.58. The summed E-state index contributed by atoms with van der Waals surface area (Å²) >= 11 is 5.27. The molecule has 0 aromatic carbocycles. The van der Waals surface area contributed by atoms with Crippen molar-refractivity contribution < 1.29 is 20.1 Å². The van der Waals surface area contributed by atoms with Gasteiger partial charge in [0.15, 0.2) is 16.8 Å². The van der Waals surface area contributed by atoms with E-state index in [-0.39, 0.29) is 10.6 Å². The van der Waals surface area contributed by atoms with Gasteiger partial charge in [0.1, 0.15) is 29.5 Å². The number of aromatic nitrogens is 4. The number of guanidine groups is 1. The number of nitrogens with zero attached hydrogens (tertiary/aromatic N) is 4. The van der Waals surface area contributed by atoms with Crippen molar-refractivity contribution in [1.82, 2.24) is 19.5 Å². The Balaban J connectivity index is 1.79. The first-order valence-electron chi connectivity index (χ1n) is 8.46. The fraction of sp³-hybridized carbons (Fsp3) is 0.467. The molecule has 1 saturated heterocycles. The lowest BCUT2D eigenvalue weighted by Crippen LogP contribution is -2.33. The first-order valence-corrected chi connectivity index (χ1v) is 8.86. The van der Waals surface area contributed by atoms with E-state index in [9.17, 15) is 15.3 Å². The third-order valence-electron chi connectivity index (χ3n) is 4.17. The van der Waals surface area contributed by atoms with E-state index in [2.05, 4.69) is 25.3 Å². The molecule has 0 spiro atoms. The lowest BCUT2D eigenvalue weighted by Gasteiger charge is -2.17. The second-order valence-corrected chi connectivity index (χ2v) is 6.47.